The molecule has 0 bridgehead atoms. The van der Waals surface area contributed by atoms with Gasteiger partial charge in [-0.15, -0.1) is 11.3 Å². The van der Waals surface area contributed by atoms with Crippen LogP contribution in [0.3, 0.4) is 0 Å². The lowest BCUT2D eigenvalue weighted by molar-refractivity contribution is -0.137. The molecule has 8 heteroatoms. The van der Waals surface area contributed by atoms with Crippen LogP contribution in [0.2, 0.25) is 5.02 Å². The predicted molar refractivity (Wildman–Crippen MR) is 75.6 cm³/mol. The number of fused-ring (bicyclic) bond motifs is 1. The Labute approximate surface area is 126 Å². The zero-order valence-corrected chi connectivity index (χ0v) is 11.9. The van der Waals surface area contributed by atoms with E-state index in [9.17, 15) is 13.6 Å². The first-order valence-corrected chi connectivity index (χ1v) is 7.03. The Kier molecular flexibility index (Phi) is 3.38. The molecule has 0 radical (unpaired) electrons. The molecular formula is C13H7ClF2N2O2S. The van der Waals surface area contributed by atoms with Crippen molar-refractivity contribution in [1.82, 2.24) is 9.55 Å². The summed E-state index contributed by atoms with van der Waals surface area (Å²) in [5.41, 5.74) is 0.380. The van der Waals surface area contributed by atoms with Crippen LogP contribution in [-0.4, -0.2) is 20.6 Å². The number of imidazole rings is 1. The quantitative estimate of drug-likeness (QED) is 0.796. The van der Waals surface area contributed by atoms with Crippen LogP contribution in [0.5, 0.6) is 0 Å². The summed E-state index contributed by atoms with van der Waals surface area (Å²) in [5.74, 6) is -2.94. The Bertz CT molecular complexity index is 859. The maximum atomic E-state index is 13.4. The summed E-state index contributed by atoms with van der Waals surface area (Å²) < 4.78 is 28.0. The molecule has 0 aliphatic heterocycles. The number of nitrogens with zero attached hydrogens (tertiary/aromatic N) is 2. The molecule has 3 rings (SSSR count). The second kappa shape index (κ2) is 5.09. The molecule has 0 amide bonds. The number of aliphatic carboxylic acids is 1. The van der Waals surface area contributed by atoms with Gasteiger partial charge in [-0.2, -0.15) is 0 Å². The summed E-state index contributed by atoms with van der Waals surface area (Å²) in [6.45, 7) is -0.425. The standard InChI is InChI=1S/C13H7ClF2N2O2S/c14-6-1-2-21-12(6)13-17-9-3-7(15)8(16)4-10(9)18(13)5-11(19)20/h1-4H,5H2,(H,19,20). The highest BCUT2D eigenvalue weighted by Crippen LogP contribution is 2.35. The summed E-state index contributed by atoms with van der Waals surface area (Å²) in [6, 6.07) is 3.52. The molecule has 0 atom stereocenters. The fourth-order valence-corrected chi connectivity index (χ4v) is 3.18. The number of thiophene rings is 1. The number of hydrogen-bond donors (Lipinski definition) is 1. The van der Waals surface area contributed by atoms with Gasteiger partial charge >= 0.3 is 5.97 Å². The second-order valence-corrected chi connectivity index (χ2v) is 5.59. The van der Waals surface area contributed by atoms with Gasteiger partial charge in [0.05, 0.1) is 20.9 Å². The van der Waals surface area contributed by atoms with E-state index in [0.717, 1.165) is 12.1 Å². The fourth-order valence-electron chi connectivity index (χ4n) is 2.04. The first-order valence-electron chi connectivity index (χ1n) is 5.78. The van der Waals surface area contributed by atoms with Crippen molar-refractivity contribution in [1.29, 1.82) is 0 Å². The second-order valence-electron chi connectivity index (χ2n) is 4.27. The van der Waals surface area contributed by atoms with E-state index in [1.165, 1.54) is 15.9 Å². The van der Waals surface area contributed by atoms with E-state index in [1.807, 2.05) is 0 Å². The largest absolute Gasteiger partial charge is 0.480 e. The molecule has 0 spiro atoms. The number of carboxylic acid groups (broad SMARTS) is 1. The van der Waals surface area contributed by atoms with Crippen molar-refractivity contribution in [2.75, 3.05) is 0 Å². The van der Waals surface area contributed by atoms with Crippen molar-refractivity contribution in [2.24, 2.45) is 0 Å². The maximum absolute atomic E-state index is 13.4. The fraction of sp³-hybridized carbons (Fsp3) is 0.0769. The molecule has 0 aliphatic carbocycles. The molecule has 108 valence electrons. The number of carbonyl (C=O) groups is 1. The summed E-state index contributed by atoms with van der Waals surface area (Å²) in [7, 11) is 0. The number of aromatic nitrogens is 2. The zero-order valence-electron chi connectivity index (χ0n) is 10.3. The average molecular weight is 329 g/mol. The first kappa shape index (κ1) is 14.0. The Morgan fingerprint density at radius 3 is 2.71 bits per heavy atom. The zero-order chi connectivity index (χ0) is 15.1. The van der Waals surface area contributed by atoms with Crippen LogP contribution in [0.1, 0.15) is 0 Å². The van der Waals surface area contributed by atoms with Crippen LogP contribution in [0.15, 0.2) is 23.6 Å². The van der Waals surface area contributed by atoms with Crippen molar-refractivity contribution in [2.45, 2.75) is 6.54 Å². The molecule has 0 saturated carbocycles. The van der Waals surface area contributed by atoms with E-state index in [-0.39, 0.29) is 16.9 Å². The van der Waals surface area contributed by atoms with Crippen molar-refractivity contribution in [3.63, 3.8) is 0 Å². The molecule has 3 aromatic rings. The SMILES string of the molecule is O=C(O)Cn1c(-c2sccc2Cl)nc2cc(F)c(F)cc21. The predicted octanol–water partition coefficient (Wildman–Crippen LogP) is 3.78. The molecule has 0 aliphatic rings. The van der Waals surface area contributed by atoms with Crippen LogP contribution in [0.4, 0.5) is 8.78 Å². The van der Waals surface area contributed by atoms with Gasteiger partial charge < -0.3 is 9.67 Å². The third-order valence-corrected chi connectivity index (χ3v) is 4.24. The molecule has 2 heterocycles. The Morgan fingerprint density at radius 1 is 1.38 bits per heavy atom. The highest BCUT2D eigenvalue weighted by molar-refractivity contribution is 7.14. The molecule has 4 nitrogen and oxygen atoms in total. The van der Waals surface area contributed by atoms with Gasteiger partial charge in [0.2, 0.25) is 0 Å². The van der Waals surface area contributed by atoms with Crippen LogP contribution in [-0.2, 0) is 11.3 Å². The van der Waals surface area contributed by atoms with Gasteiger partial charge in [-0.05, 0) is 11.4 Å². The van der Waals surface area contributed by atoms with E-state index >= 15 is 0 Å². The van der Waals surface area contributed by atoms with Crippen LogP contribution >= 0.6 is 22.9 Å². The molecule has 0 saturated heterocycles. The summed E-state index contributed by atoms with van der Waals surface area (Å²) >= 11 is 7.31. The Balaban J connectivity index is 2.33. The van der Waals surface area contributed by atoms with Gasteiger partial charge in [-0.25, -0.2) is 13.8 Å². The molecule has 1 aromatic carbocycles. The molecular weight excluding hydrogens is 322 g/mol. The van der Waals surface area contributed by atoms with Crippen molar-refractivity contribution in [3.05, 3.63) is 40.2 Å². The molecule has 0 fully saturated rings. The Hall–Kier alpha value is -1.99. The highest BCUT2D eigenvalue weighted by atomic mass is 35.5. The van der Waals surface area contributed by atoms with Crippen LogP contribution in [0.25, 0.3) is 21.7 Å². The molecule has 1 N–H and O–H groups in total. The summed E-state index contributed by atoms with van der Waals surface area (Å²) in [4.78, 5) is 15.8. The molecule has 2 aromatic heterocycles. The van der Waals surface area contributed by atoms with Gasteiger partial charge in [0.25, 0.3) is 0 Å². The van der Waals surface area contributed by atoms with E-state index in [0.29, 0.717) is 9.90 Å². The monoisotopic (exact) mass is 328 g/mol. The van der Waals surface area contributed by atoms with Crippen molar-refractivity contribution >= 4 is 39.9 Å². The summed E-state index contributed by atoms with van der Waals surface area (Å²) in [5, 5.41) is 11.1. The van der Waals surface area contributed by atoms with Gasteiger partial charge in [-0.1, -0.05) is 11.6 Å². The summed E-state index contributed by atoms with van der Waals surface area (Å²) in [6.07, 6.45) is 0. The van der Waals surface area contributed by atoms with Gasteiger partial charge in [0.1, 0.15) is 6.54 Å². The minimum atomic E-state index is -1.12. The third kappa shape index (κ3) is 2.38. The van der Waals surface area contributed by atoms with Crippen LogP contribution in [0, 0.1) is 11.6 Å². The number of hydrogen-bond acceptors (Lipinski definition) is 3. The topological polar surface area (TPSA) is 55.1 Å². The van der Waals surface area contributed by atoms with Crippen molar-refractivity contribution in [3.8, 4) is 10.7 Å². The number of rotatable bonds is 3. The van der Waals surface area contributed by atoms with Crippen LogP contribution < -0.4 is 0 Å². The number of benzene rings is 1. The van der Waals surface area contributed by atoms with E-state index in [2.05, 4.69) is 4.98 Å². The Morgan fingerprint density at radius 2 is 2.10 bits per heavy atom. The van der Waals surface area contributed by atoms with Gasteiger partial charge in [0, 0.05) is 12.1 Å². The maximum Gasteiger partial charge on any atom is 0.323 e. The van der Waals surface area contributed by atoms with Gasteiger partial charge in [-0.3, -0.25) is 4.79 Å². The third-order valence-electron chi connectivity index (χ3n) is 2.90. The minimum Gasteiger partial charge on any atom is -0.480 e. The molecule has 21 heavy (non-hydrogen) atoms. The lowest BCUT2D eigenvalue weighted by Gasteiger charge is -2.05. The first-order chi connectivity index (χ1) is 9.97. The number of carboxylic acids is 1. The minimum absolute atomic E-state index is 0.176. The van der Waals surface area contributed by atoms with E-state index in [1.54, 1.807) is 11.4 Å². The van der Waals surface area contributed by atoms with E-state index < -0.39 is 24.1 Å². The smallest absolute Gasteiger partial charge is 0.323 e. The lowest BCUT2D eigenvalue weighted by atomic mass is 10.3. The van der Waals surface area contributed by atoms with Gasteiger partial charge in [0.15, 0.2) is 17.5 Å². The number of halogens is 3. The normalized spacial score (nSPS) is 11.2. The van der Waals surface area contributed by atoms with Crippen molar-refractivity contribution < 1.29 is 18.7 Å². The molecule has 0 unspecified atom stereocenters. The van der Waals surface area contributed by atoms with E-state index in [4.69, 9.17) is 16.7 Å². The highest BCUT2D eigenvalue weighted by Gasteiger charge is 2.19. The lowest BCUT2D eigenvalue weighted by Crippen LogP contribution is -2.10. The average Bonchev–Trinajstić information content (AvgIpc) is 2.95.